The summed E-state index contributed by atoms with van der Waals surface area (Å²) in [7, 11) is 0. The molecule has 2 heteroatoms. The number of aliphatic hydroxyl groups is 1. The van der Waals surface area contributed by atoms with Gasteiger partial charge in [0, 0.05) is 12.0 Å². The zero-order chi connectivity index (χ0) is 8.60. The molecule has 2 rings (SSSR count). The van der Waals surface area contributed by atoms with Crippen molar-refractivity contribution in [1.82, 2.24) is 0 Å². The van der Waals surface area contributed by atoms with Gasteiger partial charge in [0.2, 0.25) is 0 Å². The summed E-state index contributed by atoms with van der Waals surface area (Å²) in [5, 5.41) is 9.03. The predicted octanol–water partition coefficient (Wildman–Crippen LogP) is 1.94. The van der Waals surface area contributed by atoms with Crippen LogP contribution in [0.2, 0.25) is 0 Å². The average Bonchev–Trinajstić information content (AvgIpc) is 2.57. The number of hydrogen-bond acceptors (Lipinski definition) is 2. The van der Waals surface area contributed by atoms with Crippen LogP contribution in [0.5, 0.6) is 0 Å². The molecule has 1 heterocycles. The van der Waals surface area contributed by atoms with Gasteiger partial charge in [0.25, 0.3) is 0 Å². The first-order valence-corrected chi connectivity index (χ1v) is 4.48. The molecule has 1 saturated carbocycles. The topological polar surface area (TPSA) is 33.4 Å². The number of aliphatic hydroxyl groups excluding tert-OH is 1. The summed E-state index contributed by atoms with van der Waals surface area (Å²) in [6.07, 6.45) is 3.85. The quantitative estimate of drug-likeness (QED) is 0.744. The lowest BCUT2D eigenvalue weighted by Crippen LogP contribution is -2.09. The fraction of sp³-hybridized carbons (Fsp3) is 0.600. The van der Waals surface area contributed by atoms with Crippen molar-refractivity contribution >= 4 is 0 Å². The van der Waals surface area contributed by atoms with E-state index in [0.29, 0.717) is 5.92 Å². The van der Waals surface area contributed by atoms with Crippen molar-refractivity contribution in [3.05, 3.63) is 24.2 Å². The number of rotatable bonds is 3. The van der Waals surface area contributed by atoms with Crippen LogP contribution < -0.4 is 0 Å². The lowest BCUT2D eigenvalue weighted by molar-refractivity contribution is 0.255. The van der Waals surface area contributed by atoms with E-state index in [1.807, 2.05) is 12.1 Å². The zero-order valence-electron chi connectivity index (χ0n) is 7.29. The standard InChI is InChI=1S/C10H14O2/c1-2-10(6-8(10)7-11)9-4-3-5-12-9/h3-5,8,11H,2,6-7H2,1H3. The van der Waals surface area contributed by atoms with E-state index in [2.05, 4.69) is 6.92 Å². The summed E-state index contributed by atoms with van der Waals surface area (Å²) in [5.74, 6) is 1.47. The van der Waals surface area contributed by atoms with Crippen LogP contribution >= 0.6 is 0 Å². The highest BCUT2D eigenvalue weighted by Crippen LogP contribution is 2.56. The molecule has 2 atom stereocenters. The molecule has 0 spiro atoms. The second-order valence-electron chi connectivity index (χ2n) is 3.57. The normalized spacial score (nSPS) is 33.7. The fourth-order valence-corrected chi connectivity index (χ4v) is 2.09. The molecule has 2 nitrogen and oxygen atoms in total. The van der Waals surface area contributed by atoms with E-state index >= 15 is 0 Å². The van der Waals surface area contributed by atoms with Crippen LogP contribution in [0.25, 0.3) is 0 Å². The SMILES string of the molecule is CCC1(c2ccco2)CC1CO. The first-order chi connectivity index (χ1) is 5.83. The summed E-state index contributed by atoms with van der Waals surface area (Å²) in [4.78, 5) is 0. The minimum absolute atomic E-state index is 0.165. The van der Waals surface area contributed by atoms with Crippen LogP contribution in [-0.2, 0) is 5.41 Å². The maximum atomic E-state index is 9.03. The molecule has 0 radical (unpaired) electrons. The second-order valence-corrected chi connectivity index (χ2v) is 3.57. The Labute approximate surface area is 72.2 Å². The molecule has 1 aliphatic carbocycles. The summed E-state index contributed by atoms with van der Waals surface area (Å²) in [6, 6.07) is 3.93. The summed E-state index contributed by atoms with van der Waals surface area (Å²) >= 11 is 0. The Balaban J connectivity index is 2.22. The van der Waals surface area contributed by atoms with Gasteiger partial charge >= 0.3 is 0 Å². The molecule has 1 fully saturated rings. The van der Waals surface area contributed by atoms with Gasteiger partial charge < -0.3 is 9.52 Å². The fourth-order valence-electron chi connectivity index (χ4n) is 2.09. The van der Waals surface area contributed by atoms with Crippen LogP contribution in [0.4, 0.5) is 0 Å². The van der Waals surface area contributed by atoms with Gasteiger partial charge in [-0.2, -0.15) is 0 Å². The van der Waals surface area contributed by atoms with Crippen LogP contribution in [0.15, 0.2) is 22.8 Å². The average molecular weight is 166 g/mol. The summed E-state index contributed by atoms with van der Waals surface area (Å²) in [6.45, 7) is 2.44. The summed E-state index contributed by atoms with van der Waals surface area (Å²) in [5.41, 5.74) is 0.165. The second kappa shape index (κ2) is 2.63. The van der Waals surface area contributed by atoms with Gasteiger partial charge in [-0.3, -0.25) is 0 Å². The van der Waals surface area contributed by atoms with Crippen molar-refractivity contribution in [3.63, 3.8) is 0 Å². The smallest absolute Gasteiger partial charge is 0.110 e. The van der Waals surface area contributed by atoms with Gasteiger partial charge in [0.15, 0.2) is 0 Å². The van der Waals surface area contributed by atoms with Crippen LogP contribution in [0.3, 0.4) is 0 Å². The highest BCUT2D eigenvalue weighted by molar-refractivity contribution is 5.25. The molecular formula is C10H14O2. The van der Waals surface area contributed by atoms with Crippen LogP contribution in [-0.4, -0.2) is 11.7 Å². The lowest BCUT2D eigenvalue weighted by Gasteiger charge is -2.10. The van der Waals surface area contributed by atoms with E-state index < -0.39 is 0 Å². The van der Waals surface area contributed by atoms with Gasteiger partial charge in [0.1, 0.15) is 5.76 Å². The predicted molar refractivity (Wildman–Crippen MR) is 45.9 cm³/mol. The van der Waals surface area contributed by atoms with E-state index in [-0.39, 0.29) is 12.0 Å². The van der Waals surface area contributed by atoms with E-state index in [9.17, 15) is 0 Å². The first-order valence-electron chi connectivity index (χ1n) is 4.48. The monoisotopic (exact) mass is 166 g/mol. The molecule has 0 amide bonds. The van der Waals surface area contributed by atoms with Crippen molar-refractivity contribution in [1.29, 1.82) is 0 Å². The Morgan fingerprint density at radius 3 is 3.00 bits per heavy atom. The van der Waals surface area contributed by atoms with Gasteiger partial charge in [0.05, 0.1) is 6.26 Å². The third kappa shape index (κ3) is 0.911. The molecule has 1 aromatic rings. The molecule has 0 aromatic carbocycles. The van der Waals surface area contributed by atoms with Gasteiger partial charge in [-0.05, 0) is 30.9 Å². The molecule has 1 aliphatic rings. The van der Waals surface area contributed by atoms with Crippen LogP contribution in [0.1, 0.15) is 25.5 Å². The third-order valence-corrected chi connectivity index (χ3v) is 3.10. The Bertz CT molecular complexity index is 253. The van der Waals surface area contributed by atoms with E-state index in [1.54, 1.807) is 6.26 Å². The maximum absolute atomic E-state index is 9.03. The lowest BCUT2D eigenvalue weighted by atomic mass is 9.97. The Kier molecular flexibility index (Phi) is 1.72. The molecule has 1 aromatic heterocycles. The van der Waals surface area contributed by atoms with Crippen molar-refractivity contribution in [2.24, 2.45) is 5.92 Å². The maximum Gasteiger partial charge on any atom is 0.110 e. The first kappa shape index (κ1) is 7.87. The molecule has 2 unspecified atom stereocenters. The minimum Gasteiger partial charge on any atom is -0.469 e. The zero-order valence-corrected chi connectivity index (χ0v) is 7.29. The highest BCUT2D eigenvalue weighted by Gasteiger charge is 2.55. The molecular weight excluding hydrogens is 152 g/mol. The van der Waals surface area contributed by atoms with Crippen molar-refractivity contribution in [2.45, 2.75) is 25.2 Å². The van der Waals surface area contributed by atoms with Crippen molar-refractivity contribution in [2.75, 3.05) is 6.61 Å². The van der Waals surface area contributed by atoms with Crippen LogP contribution in [0, 0.1) is 5.92 Å². The van der Waals surface area contributed by atoms with Crippen molar-refractivity contribution < 1.29 is 9.52 Å². The molecule has 12 heavy (non-hydrogen) atoms. The Hall–Kier alpha value is -0.760. The Morgan fingerprint density at radius 1 is 1.75 bits per heavy atom. The summed E-state index contributed by atoms with van der Waals surface area (Å²) < 4.78 is 5.37. The molecule has 0 bridgehead atoms. The molecule has 1 N–H and O–H groups in total. The van der Waals surface area contributed by atoms with Crippen molar-refractivity contribution in [3.8, 4) is 0 Å². The van der Waals surface area contributed by atoms with Gasteiger partial charge in [-0.1, -0.05) is 6.92 Å². The van der Waals surface area contributed by atoms with Gasteiger partial charge in [-0.25, -0.2) is 0 Å². The molecule has 66 valence electrons. The molecule has 0 aliphatic heterocycles. The number of hydrogen-bond donors (Lipinski definition) is 1. The third-order valence-electron chi connectivity index (χ3n) is 3.10. The van der Waals surface area contributed by atoms with Gasteiger partial charge in [-0.15, -0.1) is 0 Å². The number of furan rings is 1. The van der Waals surface area contributed by atoms with E-state index in [1.165, 1.54) is 0 Å². The minimum atomic E-state index is 0.165. The largest absolute Gasteiger partial charge is 0.469 e. The van der Waals surface area contributed by atoms with E-state index in [4.69, 9.17) is 9.52 Å². The highest BCUT2D eigenvalue weighted by atomic mass is 16.3. The Morgan fingerprint density at radius 2 is 2.58 bits per heavy atom. The van der Waals surface area contributed by atoms with E-state index in [0.717, 1.165) is 18.6 Å². The molecule has 0 saturated heterocycles.